The second-order valence-corrected chi connectivity index (χ2v) is 9.26. The number of hydrogen-bond acceptors (Lipinski definition) is 5. The average molecular weight is 345 g/mol. The van der Waals surface area contributed by atoms with Gasteiger partial charge in [0.15, 0.2) is 0 Å². The van der Waals surface area contributed by atoms with E-state index in [9.17, 15) is 13.2 Å². The second-order valence-electron chi connectivity index (χ2n) is 5.88. The predicted octanol–water partition coefficient (Wildman–Crippen LogP) is 1.70. The molecule has 0 aliphatic carbocycles. The predicted molar refractivity (Wildman–Crippen MR) is 87.2 cm³/mol. The van der Waals surface area contributed by atoms with Gasteiger partial charge in [0.05, 0.1) is 22.5 Å². The van der Waals surface area contributed by atoms with E-state index in [0.717, 1.165) is 23.5 Å². The van der Waals surface area contributed by atoms with Crippen molar-refractivity contribution in [2.45, 2.75) is 51.3 Å². The number of carbonyl (C=O) groups excluding carboxylic acids is 1. The average Bonchev–Trinajstić information content (AvgIpc) is 2.94. The quantitative estimate of drug-likeness (QED) is 0.881. The van der Waals surface area contributed by atoms with Gasteiger partial charge in [0, 0.05) is 31.3 Å². The number of amides is 1. The fourth-order valence-electron chi connectivity index (χ4n) is 2.48. The van der Waals surface area contributed by atoms with Crippen molar-refractivity contribution < 1.29 is 13.2 Å². The fourth-order valence-corrected chi connectivity index (χ4v) is 4.79. The molecule has 1 aromatic heterocycles. The molecule has 0 bridgehead atoms. The first kappa shape index (κ1) is 17.4. The minimum atomic E-state index is -3.20. The minimum Gasteiger partial charge on any atom is -0.351 e. The molecule has 0 spiro atoms. The SMILES string of the molecule is CC(=O)NCc1csc(C2CCCN(S(=O)(=O)C(C)C)C2)n1. The Morgan fingerprint density at radius 3 is 2.91 bits per heavy atom. The minimum absolute atomic E-state index is 0.0820. The fraction of sp³-hybridized carbons (Fsp3) is 0.714. The number of nitrogens with one attached hydrogen (secondary N) is 1. The largest absolute Gasteiger partial charge is 0.351 e. The molecular weight excluding hydrogens is 322 g/mol. The molecule has 2 heterocycles. The van der Waals surface area contributed by atoms with Gasteiger partial charge in [0.1, 0.15) is 0 Å². The normalized spacial score (nSPS) is 20.3. The van der Waals surface area contributed by atoms with Crippen LogP contribution in [0.5, 0.6) is 0 Å². The molecule has 1 aliphatic heterocycles. The first-order chi connectivity index (χ1) is 10.3. The molecule has 8 heteroatoms. The highest BCUT2D eigenvalue weighted by molar-refractivity contribution is 7.89. The first-order valence-corrected chi connectivity index (χ1v) is 9.86. The van der Waals surface area contributed by atoms with E-state index < -0.39 is 15.3 Å². The Labute approximate surface area is 136 Å². The number of thiazole rings is 1. The van der Waals surface area contributed by atoms with Gasteiger partial charge in [0.2, 0.25) is 15.9 Å². The van der Waals surface area contributed by atoms with Crippen LogP contribution in [0.4, 0.5) is 0 Å². The Bertz CT molecular complexity index is 625. The van der Waals surface area contributed by atoms with Crippen LogP contribution in [0, 0.1) is 0 Å². The summed E-state index contributed by atoms with van der Waals surface area (Å²) in [5.74, 6) is 0.0692. The highest BCUT2D eigenvalue weighted by atomic mass is 32.2. The first-order valence-electron chi connectivity index (χ1n) is 7.48. The Morgan fingerprint density at radius 2 is 2.27 bits per heavy atom. The Hall–Kier alpha value is -0.990. The lowest BCUT2D eigenvalue weighted by Crippen LogP contribution is -2.42. The van der Waals surface area contributed by atoms with Gasteiger partial charge >= 0.3 is 0 Å². The zero-order valence-electron chi connectivity index (χ0n) is 13.2. The third-order valence-corrected chi connectivity index (χ3v) is 7.08. The van der Waals surface area contributed by atoms with Crippen molar-refractivity contribution in [3.8, 4) is 0 Å². The number of rotatable bonds is 5. The third-order valence-electron chi connectivity index (χ3n) is 3.78. The highest BCUT2D eigenvalue weighted by Crippen LogP contribution is 2.31. The van der Waals surface area contributed by atoms with Crippen LogP contribution in [-0.2, 0) is 21.4 Å². The summed E-state index contributed by atoms with van der Waals surface area (Å²) >= 11 is 1.54. The monoisotopic (exact) mass is 345 g/mol. The summed E-state index contributed by atoms with van der Waals surface area (Å²) in [7, 11) is -3.20. The molecule has 1 saturated heterocycles. The maximum Gasteiger partial charge on any atom is 0.217 e. The van der Waals surface area contributed by atoms with Crippen LogP contribution in [0.2, 0.25) is 0 Å². The zero-order chi connectivity index (χ0) is 16.3. The standard InChI is InChI=1S/C14H23N3O3S2/c1-10(2)22(19,20)17-6-4-5-12(8-17)14-16-13(9-21-14)7-15-11(3)18/h9-10,12H,4-8H2,1-3H3,(H,15,18). The van der Waals surface area contributed by atoms with E-state index in [1.54, 1.807) is 29.5 Å². The molecule has 0 aromatic carbocycles. The van der Waals surface area contributed by atoms with Crippen LogP contribution in [0.15, 0.2) is 5.38 Å². The van der Waals surface area contributed by atoms with Crippen LogP contribution in [0.3, 0.4) is 0 Å². The molecule has 22 heavy (non-hydrogen) atoms. The molecular formula is C14H23N3O3S2. The summed E-state index contributed by atoms with van der Waals surface area (Å²) in [4.78, 5) is 15.5. The summed E-state index contributed by atoms with van der Waals surface area (Å²) in [6, 6.07) is 0. The van der Waals surface area contributed by atoms with Crippen molar-refractivity contribution in [1.82, 2.24) is 14.6 Å². The van der Waals surface area contributed by atoms with Crippen LogP contribution in [0.25, 0.3) is 0 Å². The maximum atomic E-state index is 12.3. The highest BCUT2D eigenvalue weighted by Gasteiger charge is 2.32. The molecule has 2 rings (SSSR count). The van der Waals surface area contributed by atoms with E-state index in [4.69, 9.17) is 0 Å². The number of sulfonamides is 1. The molecule has 124 valence electrons. The Kier molecular flexibility index (Phi) is 5.57. The van der Waals surface area contributed by atoms with Gasteiger partial charge in [0.25, 0.3) is 0 Å². The molecule has 0 radical (unpaired) electrons. The second kappa shape index (κ2) is 7.06. The van der Waals surface area contributed by atoms with Gasteiger partial charge in [-0.1, -0.05) is 0 Å². The lowest BCUT2D eigenvalue weighted by Gasteiger charge is -2.32. The van der Waals surface area contributed by atoms with Crippen molar-refractivity contribution in [2.75, 3.05) is 13.1 Å². The number of nitrogens with zero attached hydrogens (tertiary/aromatic N) is 2. The summed E-state index contributed by atoms with van der Waals surface area (Å²) in [6.45, 7) is 6.44. The van der Waals surface area contributed by atoms with E-state index in [1.807, 2.05) is 5.38 Å². The molecule has 1 aromatic rings. The smallest absolute Gasteiger partial charge is 0.217 e. The lowest BCUT2D eigenvalue weighted by atomic mass is 10.0. The summed E-state index contributed by atoms with van der Waals surface area (Å²) < 4.78 is 26.2. The zero-order valence-corrected chi connectivity index (χ0v) is 14.8. The summed E-state index contributed by atoms with van der Waals surface area (Å²) in [6.07, 6.45) is 1.81. The number of aromatic nitrogens is 1. The van der Waals surface area contributed by atoms with Crippen molar-refractivity contribution >= 4 is 27.3 Å². The molecule has 0 saturated carbocycles. The van der Waals surface area contributed by atoms with Gasteiger partial charge < -0.3 is 5.32 Å². The van der Waals surface area contributed by atoms with Gasteiger partial charge in [-0.3, -0.25) is 4.79 Å². The van der Waals surface area contributed by atoms with Crippen molar-refractivity contribution in [1.29, 1.82) is 0 Å². The third kappa shape index (κ3) is 4.05. The topological polar surface area (TPSA) is 79.4 Å². The van der Waals surface area contributed by atoms with E-state index >= 15 is 0 Å². The molecule has 1 aliphatic rings. The van der Waals surface area contributed by atoms with Crippen molar-refractivity contribution in [3.63, 3.8) is 0 Å². The molecule has 1 amide bonds. The molecule has 1 fully saturated rings. The van der Waals surface area contributed by atoms with Crippen LogP contribution >= 0.6 is 11.3 Å². The van der Waals surface area contributed by atoms with Crippen molar-refractivity contribution in [3.05, 3.63) is 16.1 Å². The lowest BCUT2D eigenvalue weighted by molar-refractivity contribution is -0.119. The molecule has 1 N–H and O–H groups in total. The van der Waals surface area contributed by atoms with Gasteiger partial charge in [-0.25, -0.2) is 17.7 Å². The Morgan fingerprint density at radius 1 is 1.55 bits per heavy atom. The van der Waals surface area contributed by atoms with Crippen LogP contribution in [0.1, 0.15) is 50.2 Å². The molecule has 6 nitrogen and oxygen atoms in total. The number of piperidine rings is 1. The molecule has 1 unspecified atom stereocenters. The van der Waals surface area contributed by atoms with Crippen LogP contribution < -0.4 is 5.32 Å². The summed E-state index contributed by atoms with van der Waals surface area (Å²) in [5, 5.41) is 5.23. The van der Waals surface area contributed by atoms with E-state index in [2.05, 4.69) is 10.3 Å². The van der Waals surface area contributed by atoms with Gasteiger partial charge in [-0.05, 0) is 26.7 Å². The number of hydrogen-bond donors (Lipinski definition) is 1. The molecule has 1 atom stereocenters. The Balaban J connectivity index is 2.05. The van der Waals surface area contributed by atoms with Gasteiger partial charge in [-0.15, -0.1) is 11.3 Å². The van der Waals surface area contributed by atoms with E-state index in [0.29, 0.717) is 19.6 Å². The number of carbonyl (C=O) groups is 1. The van der Waals surface area contributed by atoms with Crippen LogP contribution in [-0.4, -0.2) is 42.0 Å². The summed E-state index contributed by atoms with van der Waals surface area (Å²) in [5.41, 5.74) is 0.832. The van der Waals surface area contributed by atoms with E-state index in [1.165, 1.54) is 6.92 Å². The maximum absolute atomic E-state index is 12.3. The van der Waals surface area contributed by atoms with Crippen molar-refractivity contribution in [2.24, 2.45) is 0 Å². The van der Waals surface area contributed by atoms with E-state index in [-0.39, 0.29) is 11.8 Å². The van der Waals surface area contributed by atoms with Gasteiger partial charge in [-0.2, -0.15) is 0 Å².